The summed E-state index contributed by atoms with van der Waals surface area (Å²) >= 11 is 13.4. The number of aromatic nitrogens is 1. The third-order valence-electron chi connectivity index (χ3n) is 4.30. The molecule has 1 fully saturated rings. The lowest BCUT2D eigenvalue weighted by Crippen LogP contribution is -2.23. The molecule has 0 radical (unpaired) electrons. The lowest BCUT2D eigenvalue weighted by molar-refractivity contribution is -0.384. The van der Waals surface area contributed by atoms with Crippen molar-refractivity contribution in [1.82, 2.24) is 9.88 Å². The highest BCUT2D eigenvalue weighted by molar-refractivity contribution is 8.18. The van der Waals surface area contributed by atoms with Crippen molar-refractivity contribution in [2.24, 2.45) is 4.99 Å². The van der Waals surface area contributed by atoms with E-state index >= 15 is 0 Å². The second-order valence-electron chi connectivity index (χ2n) is 6.32. The van der Waals surface area contributed by atoms with E-state index in [1.807, 2.05) is 0 Å². The molecule has 0 atom stereocenters. The van der Waals surface area contributed by atoms with E-state index in [4.69, 9.17) is 27.6 Å². The van der Waals surface area contributed by atoms with Gasteiger partial charge in [0.1, 0.15) is 11.5 Å². The second kappa shape index (κ2) is 8.54. The number of rotatable bonds is 4. The van der Waals surface area contributed by atoms with Crippen LogP contribution in [0.3, 0.4) is 0 Å². The zero-order chi connectivity index (χ0) is 22.1. The molecule has 0 N–H and O–H groups in total. The number of benzene rings is 1. The first-order chi connectivity index (χ1) is 14.8. The molecular weight excluding hydrogens is 463 g/mol. The van der Waals surface area contributed by atoms with E-state index in [1.54, 1.807) is 37.5 Å². The quantitative estimate of drug-likeness (QED) is 0.269. The van der Waals surface area contributed by atoms with Crippen molar-refractivity contribution in [2.75, 3.05) is 7.05 Å². The maximum Gasteiger partial charge on any atom is 0.270 e. The highest BCUT2D eigenvalue weighted by Crippen LogP contribution is 2.36. The number of nitro benzene ring substituents is 1. The predicted molar refractivity (Wildman–Crippen MR) is 120 cm³/mol. The molecule has 4 rings (SSSR count). The molecule has 2 aromatic heterocycles. The van der Waals surface area contributed by atoms with Gasteiger partial charge in [-0.3, -0.25) is 24.8 Å². The molecule has 0 spiro atoms. The first kappa shape index (κ1) is 21.1. The molecule has 31 heavy (non-hydrogen) atoms. The molecule has 3 heterocycles. The maximum atomic E-state index is 12.6. The van der Waals surface area contributed by atoms with Gasteiger partial charge in [0.05, 0.1) is 25.6 Å². The molecule has 1 aliphatic rings. The molecule has 0 saturated carbocycles. The van der Waals surface area contributed by atoms with Gasteiger partial charge in [0.25, 0.3) is 11.6 Å². The van der Waals surface area contributed by atoms with Gasteiger partial charge in [-0.1, -0.05) is 23.2 Å². The molecule has 8 nitrogen and oxygen atoms in total. The smallest absolute Gasteiger partial charge is 0.270 e. The van der Waals surface area contributed by atoms with E-state index in [2.05, 4.69) is 9.98 Å². The summed E-state index contributed by atoms with van der Waals surface area (Å²) in [7, 11) is 1.62. The molecule has 1 amide bonds. The van der Waals surface area contributed by atoms with E-state index in [0.717, 1.165) is 0 Å². The SMILES string of the molecule is CN1C(=O)/C(=C\c2ccc(-c3ccc([N+](=O)[O-])cc3Cl)o2)SC1=Nc1ccncc1Cl. The minimum atomic E-state index is -0.522. The summed E-state index contributed by atoms with van der Waals surface area (Å²) in [5, 5.41) is 11.9. The Morgan fingerprint density at radius 1 is 1.23 bits per heavy atom. The number of nitrogens with zero attached hydrogens (tertiary/aromatic N) is 4. The molecule has 0 unspecified atom stereocenters. The lowest BCUT2D eigenvalue weighted by Gasteiger charge is -2.07. The molecule has 1 aromatic carbocycles. The fourth-order valence-corrected chi connectivity index (χ4v) is 4.12. The number of pyridine rings is 1. The number of thioether (sulfide) groups is 1. The number of amides is 1. The van der Waals surface area contributed by atoms with Gasteiger partial charge in [0.2, 0.25) is 0 Å². The van der Waals surface area contributed by atoms with Crippen LogP contribution in [-0.4, -0.2) is 32.9 Å². The monoisotopic (exact) mass is 474 g/mol. The fourth-order valence-electron chi connectivity index (χ4n) is 2.73. The minimum absolute atomic E-state index is 0.111. The van der Waals surface area contributed by atoms with Gasteiger partial charge in [-0.25, -0.2) is 4.99 Å². The number of hydrogen-bond donors (Lipinski definition) is 0. The van der Waals surface area contributed by atoms with Crippen LogP contribution in [0.2, 0.25) is 10.0 Å². The Hall–Kier alpha value is -3.14. The van der Waals surface area contributed by atoms with E-state index in [9.17, 15) is 14.9 Å². The third kappa shape index (κ3) is 4.34. The Kier molecular flexibility index (Phi) is 5.81. The van der Waals surface area contributed by atoms with Crippen LogP contribution in [0.25, 0.3) is 17.4 Å². The molecule has 11 heteroatoms. The summed E-state index contributed by atoms with van der Waals surface area (Å²) in [6.45, 7) is 0. The zero-order valence-corrected chi connectivity index (χ0v) is 18.1. The van der Waals surface area contributed by atoms with Crippen molar-refractivity contribution in [3.8, 4) is 11.3 Å². The molecule has 0 bridgehead atoms. The Morgan fingerprint density at radius 2 is 2.03 bits per heavy atom. The van der Waals surface area contributed by atoms with E-state index in [-0.39, 0.29) is 16.6 Å². The highest BCUT2D eigenvalue weighted by Gasteiger charge is 2.31. The van der Waals surface area contributed by atoms with Gasteiger partial charge in [-0.15, -0.1) is 0 Å². The average Bonchev–Trinajstić information content (AvgIpc) is 3.30. The third-order valence-corrected chi connectivity index (χ3v) is 5.96. The van der Waals surface area contributed by atoms with Crippen LogP contribution in [0.5, 0.6) is 0 Å². The van der Waals surface area contributed by atoms with Gasteiger partial charge in [0, 0.05) is 43.2 Å². The Balaban J connectivity index is 1.60. The largest absolute Gasteiger partial charge is 0.457 e. The van der Waals surface area contributed by atoms with Crippen LogP contribution in [0.1, 0.15) is 5.76 Å². The van der Waals surface area contributed by atoms with Crippen LogP contribution in [0, 0.1) is 10.1 Å². The van der Waals surface area contributed by atoms with Crippen molar-refractivity contribution in [2.45, 2.75) is 0 Å². The maximum absolute atomic E-state index is 12.6. The van der Waals surface area contributed by atoms with Crippen molar-refractivity contribution >= 4 is 63.5 Å². The van der Waals surface area contributed by atoms with Crippen LogP contribution in [0.4, 0.5) is 11.4 Å². The summed E-state index contributed by atoms with van der Waals surface area (Å²) in [6, 6.07) is 9.14. The Labute approximate surface area is 190 Å². The van der Waals surface area contributed by atoms with Crippen LogP contribution >= 0.6 is 35.0 Å². The number of hydrogen-bond acceptors (Lipinski definition) is 7. The number of carbonyl (C=O) groups is 1. The molecule has 0 aliphatic carbocycles. The Morgan fingerprint density at radius 3 is 2.74 bits per heavy atom. The van der Waals surface area contributed by atoms with Crippen LogP contribution in [-0.2, 0) is 4.79 Å². The molecule has 1 aliphatic heterocycles. The first-order valence-corrected chi connectivity index (χ1v) is 10.3. The normalized spacial score (nSPS) is 16.5. The predicted octanol–water partition coefficient (Wildman–Crippen LogP) is 5.79. The van der Waals surface area contributed by atoms with E-state index < -0.39 is 4.92 Å². The van der Waals surface area contributed by atoms with Gasteiger partial charge in [-0.05, 0) is 36.0 Å². The number of carbonyl (C=O) groups excluding carboxylic acids is 1. The number of furan rings is 1. The zero-order valence-electron chi connectivity index (χ0n) is 15.8. The van der Waals surface area contributed by atoms with Crippen LogP contribution in [0.15, 0.2) is 63.1 Å². The number of likely N-dealkylation sites (N-methyl/N-ethyl adjacent to an activating group) is 1. The average molecular weight is 475 g/mol. The summed E-state index contributed by atoms with van der Waals surface area (Å²) in [5.74, 6) is 0.616. The molecular formula is C20H12Cl2N4O4S. The van der Waals surface area contributed by atoms with E-state index in [0.29, 0.717) is 37.9 Å². The number of amidine groups is 1. The van der Waals surface area contributed by atoms with Gasteiger partial charge >= 0.3 is 0 Å². The number of nitro groups is 1. The number of halogens is 2. The van der Waals surface area contributed by atoms with Crippen molar-refractivity contribution in [3.63, 3.8) is 0 Å². The first-order valence-electron chi connectivity index (χ1n) is 8.73. The standard InChI is InChI=1S/C20H12Cl2N4O4S/c1-25-19(27)18(31-20(25)24-16-6-7-23-10-15(16)22)9-12-3-5-17(30-12)13-4-2-11(26(28)29)8-14(13)21/h2-10H,1H3/b18-9+,24-20?. The fraction of sp³-hybridized carbons (Fsp3) is 0.0500. The molecule has 156 valence electrons. The van der Waals surface area contributed by atoms with Gasteiger partial charge in [0.15, 0.2) is 5.17 Å². The van der Waals surface area contributed by atoms with Crippen molar-refractivity contribution < 1.29 is 14.1 Å². The lowest BCUT2D eigenvalue weighted by atomic mass is 10.1. The van der Waals surface area contributed by atoms with Gasteiger partial charge in [-0.2, -0.15) is 0 Å². The number of non-ortho nitro benzene ring substituents is 1. The highest BCUT2D eigenvalue weighted by atomic mass is 35.5. The topological polar surface area (TPSA) is 102 Å². The molecule has 1 saturated heterocycles. The summed E-state index contributed by atoms with van der Waals surface area (Å²) in [4.78, 5) is 33.2. The summed E-state index contributed by atoms with van der Waals surface area (Å²) in [6.07, 6.45) is 4.65. The van der Waals surface area contributed by atoms with Crippen molar-refractivity contribution in [3.05, 3.63) is 79.6 Å². The van der Waals surface area contributed by atoms with Gasteiger partial charge < -0.3 is 4.42 Å². The summed E-state index contributed by atoms with van der Waals surface area (Å²) < 4.78 is 5.79. The van der Waals surface area contributed by atoms with Crippen molar-refractivity contribution in [1.29, 1.82) is 0 Å². The van der Waals surface area contributed by atoms with Crippen LogP contribution < -0.4 is 0 Å². The second-order valence-corrected chi connectivity index (χ2v) is 8.14. The number of aliphatic imine (C=N–C) groups is 1. The summed E-state index contributed by atoms with van der Waals surface area (Å²) in [5.41, 5.74) is 0.905. The molecule has 3 aromatic rings. The Bertz CT molecular complexity index is 1270. The minimum Gasteiger partial charge on any atom is -0.457 e. The van der Waals surface area contributed by atoms with E-state index in [1.165, 1.54) is 41.1 Å².